The molecule has 0 spiro atoms. The molecular formula is C106H116N10O30. The van der Waals surface area contributed by atoms with Crippen molar-refractivity contribution in [3.8, 4) is 105 Å². The summed E-state index contributed by atoms with van der Waals surface area (Å²) < 4.78 is 167. The highest BCUT2D eigenvalue weighted by Crippen LogP contribution is 2.60. The molecule has 40 heteroatoms. The number of rotatable bonds is 54. The maximum Gasteiger partial charge on any atom is 0.284 e. The first-order chi connectivity index (χ1) is 71.8. The van der Waals surface area contributed by atoms with Gasteiger partial charge in [0.2, 0.25) is 0 Å². The third kappa shape index (κ3) is 23.2. The third-order valence-corrected chi connectivity index (χ3v) is 25.8. The van der Waals surface area contributed by atoms with Gasteiger partial charge in [0.25, 0.3) is 70.7 Å². The Morgan fingerprint density at radius 3 is 0.644 bits per heavy atom. The fourth-order valence-electron chi connectivity index (χ4n) is 18.7. The number of amides is 4. The van der Waals surface area contributed by atoms with Gasteiger partial charge in [-0.2, -0.15) is 0 Å². The summed E-state index contributed by atoms with van der Waals surface area (Å²) in [6.07, 6.45) is 2.67. The topological polar surface area (TPSA) is 418 Å². The standard InChI is InChI=1S/C106H116N10O30/c1-121-27-33-131-43-39-127-23-11-15-65-69-53-73-67(17-13-25-129-41-45-133-35-29-123-3)75-55-71-66(16-12-24-128-40-44-132-34-28-122-2)72-56-76-68(18-14-26-130-42-46-134-36-30-124-4)74-54-70(65)84-58-88(74)144-100-102-114-94-92(112-100)104(118)116(106(94)120)62-64-52-81(137-49-47-135-37-31-125-5)63(51-82(64)138-50-48-136-38-32-126-6)61-115-103(117)91-93(105(115)119)113-101(99(111-91)143-87(73)57-83(69)139-95-96(140-84)108-78-20-8-7-19-77(78)107-95)145-89(75)59-85(71)141-97-98(142-86(72)60-90(76)146-102)110-80-22-10-9-21-79(80)109-97/h7-10,19-22,51-60,65-68H,11-18,23-50,61-62H2,1-6H3. The molecule has 11 aromatic rings. The molecule has 0 saturated heterocycles. The van der Waals surface area contributed by atoms with Gasteiger partial charge in [-0.25, -0.2) is 39.9 Å². The van der Waals surface area contributed by atoms with Gasteiger partial charge in [-0.15, -0.1) is 0 Å². The van der Waals surface area contributed by atoms with Crippen LogP contribution < -0.4 is 47.4 Å². The summed E-state index contributed by atoms with van der Waals surface area (Å²) in [7, 11) is 9.56. The number of para-hydroxylation sites is 4. The number of fused-ring (bicyclic) bond motifs is 4. The number of carbonyl (C=O) groups is 4. The molecule has 0 N–H and O–H groups in total. The van der Waals surface area contributed by atoms with E-state index in [1.54, 1.807) is 79.1 Å². The van der Waals surface area contributed by atoms with E-state index in [2.05, 4.69) is 24.3 Å². The van der Waals surface area contributed by atoms with Crippen LogP contribution in [0.2, 0.25) is 0 Å². The monoisotopic (exact) mass is 2010 g/mol. The first-order valence-electron chi connectivity index (χ1n) is 49.2. The fraction of sp³-hybridized carbons (Fsp3) is 0.453. The van der Waals surface area contributed by atoms with Crippen molar-refractivity contribution in [1.82, 2.24) is 49.7 Å². The van der Waals surface area contributed by atoms with Crippen LogP contribution in [0.25, 0.3) is 22.1 Å². The van der Waals surface area contributed by atoms with Crippen LogP contribution >= 0.6 is 0 Å². The van der Waals surface area contributed by atoms with Crippen LogP contribution in [-0.2, 0) is 88.9 Å². The van der Waals surface area contributed by atoms with Gasteiger partial charge in [-0.1, -0.05) is 24.3 Å². The van der Waals surface area contributed by atoms with Crippen LogP contribution in [-0.4, -0.2) is 301 Å². The van der Waals surface area contributed by atoms with Gasteiger partial charge in [-0.05, 0) is 112 Å². The summed E-state index contributed by atoms with van der Waals surface area (Å²) in [4.78, 5) is 108. The number of methoxy groups -OCH3 is 6. The van der Waals surface area contributed by atoms with Crippen molar-refractivity contribution >= 4 is 45.7 Å². The summed E-state index contributed by atoms with van der Waals surface area (Å²) in [5.74, 6) is -7.25. The van der Waals surface area contributed by atoms with Gasteiger partial charge >= 0.3 is 0 Å². The Balaban J connectivity index is 0.922. The highest BCUT2D eigenvalue weighted by Gasteiger charge is 2.47. The number of imide groups is 2. The zero-order valence-corrected chi connectivity index (χ0v) is 82.3. The van der Waals surface area contributed by atoms with E-state index in [1.807, 2.05) is 48.5 Å². The molecule has 4 amide bonds. The Morgan fingerprint density at radius 2 is 0.432 bits per heavy atom. The predicted octanol–water partition coefficient (Wildman–Crippen LogP) is 15.4. The normalized spacial score (nSPS) is 16.1. The van der Waals surface area contributed by atoms with Crippen molar-refractivity contribution in [1.29, 1.82) is 0 Å². The van der Waals surface area contributed by atoms with Crippen molar-refractivity contribution in [3.63, 3.8) is 0 Å². The lowest BCUT2D eigenvalue weighted by molar-refractivity contribution is 0.0238. The molecule has 0 radical (unpaired) electrons. The first kappa shape index (κ1) is 102. The number of hydrogen-bond donors (Lipinski definition) is 0. The fourth-order valence-corrected chi connectivity index (χ4v) is 18.7. The van der Waals surface area contributed by atoms with Crippen molar-refractivity contribution in [2.45, 2.75) is 88.1 Å². The highest BCUT2D eigenvalue weighted by molar-refractivity contribution is 6.20. The Bertz CT molecular complexity index is 5840. The molecule has 14 aliphatic heterocycles. The van der Waals surface area contributed by atoms with Gasteiger partial charge in [-0.3, -0.25) is 29.0 Å². The SMILES string of the molecule is COCCOCCOCCCC1c2cc3c4cc2Oc2nc5c6nc2Oc2cc7c(cc21)C(CCCOCCOCCOC)c1cc2c(cc1Oc1nc8ccccc8nc1O7)Oc1nc7c(nc1Oc1cc(c(cc1C2CCCOCCOCCOC)C3CCCOCCOCCOC)Oc1nc2ccccc2nc1O4)C(=O)N(Cc1cc(OCCOCCOC)c(cc1OCCOCCOC)CN(C5=O)C6=O)C7=O. The third-order valence-electron chi connectivity index (χ3n) is 25.8. The highest BCUT2D eigenvalue weighted by atomic mass is 16.6. The lowest BCUT2D eigenvalue weighted by Crippen LogP contribution is -2.31. The molecule has 4 aromatic heterocycles. The molecule has 25 rings (SSSR count). The molecule has 0 fully saturated rings. The van der Waals surface area contributed by atoms with Gasteiger partial charge < -0.3 is 123 Å². The lowest BCUT2D eigenvalue weighted by atomic mass is 9.76. The zero-order chi connectivity index (χ0) is 100. The molecule has 0 unspecified atom stereocenters. The van der Waals surface area contributed by atoms with Crippen LogP contribution in [0, 0.1) is 0 Å². The minimum absolute atomic E-state index is 0.0364. The summed E-state index contributed by atoms with van der Waals surface area (Å²) in [6, 6.07) is 33.1. The molecule has 0 atom stereocenters. The van der Waals surface area contributed by atoms with Gasteiger partial charge in [0, 0.05) is 173 Å². The maximum atomic E-state index is 16.1. The van der Waals surface area contributed by atoms with Crippen molar-refractivity contribution in [3.05, 3.63) is 188 Å². The van der Waals surface area contributed by atoms with Crippen molar-refractivity contribution in [2.75, 3.05) is 228 Å². The van der Waals surface area contributed by atoms with E-state index >= 15 is 19.2 Å². The van der Waals surface area contributed by atoms with Gasteiger partial charge in [0.15, 0.2) is 22.8 Å². The molecule has 0 saturated carbocycles. The molecule has 7 aromatic carbocycles. The van der Waals surface area contributed by atoms with E-state index in [1.165, 1.54) is 0 Å². The molecule has 28 bridgehead atoms. The second-order valence-corrected chi connectivity index (χ2v) is 35.3. The first-order valence-corrected chi connectivity index (χ1v) is 49.2. The Morgan fingerprint density at radius 1 is 0.240 bits per heavy atom. The van der Waals surface area contributed by atoms with Crippen LogP contribution in [0.15, 0.2) is 109 Å². The molecule has 770 valence electrons. The quantitative estimate of drug-likeness (QED) is 0.0252. The van der Waals surface area contributed by atoms with E-state index in [-0.39, 0.29) is 261 Å². The lowest BCUT2D eigenvalue weighted by Gasteiger charge is -2.30. The molecular weight excluding hydrogens is 1890 g/mol. The number of aromatic nitrogens is 8. The number of carbonyl (C=O) groups excluding carboxylic acids is 4. The number of ether oxygens (including phenoxy) is 26. The smallest absolute Gasteiger partial charge is 0.284 e. The van der Waals surface area contributed by atoms with E-state index in [0.717, 1.165) is 9.80 Å². The van der Waals surface area contributed by atoms with Crippen molar-refractivity contribution < 1.29 is 142 Å². The van der Waals surface area contributed by atoms with Crippen LogP contribution in [0.1, 0.15) is 173 Å². The molecule has 14 aliphatic rings. The maximum absolute atomic E-state index is 16.1. The number of nitrogens with zero attached hydrogens (tertiary/aromatic N) is 10. The molecule has 18 heterocycles. The minimum atomic E-state index is -0.899. The Labute approximate surface area is 841 Å². The average Bonchev–Trinajstić information content (AvgIpc) is 1.36. The van der Waals surface area contributed by atoms with Gasteiger partial charge in [0.1, 0.15) is 70.7 Å². The molecule has 0 aliphatic carbocycles. The van der Waals surface area contributed by atoms with Crippen LogP contribution in [0.3, 0.4) is 0 Å². The summed E-state index contributed by atoms with van der Waals surface area (Å²) in [6.45, 7) is 5.84. The molecule has 146 heavy (non-hydrogen) atoms. The number of hydrogen-bond acceptors (Lipinski definition) is 38. The Hall–Kier alpha value is -13.0. The van der Waals surface area contributed by atoms with Crippen molar-refractivity contribution in [2.24, 2.45) is 0 Å². The Kier molecular flexibility index (Phi) is 34.1. The predicted molar refractivity (Wildman–Crippen MR) is 519 cm³/mol. The largest absolute Gasteiger partial charge is 0.491 e. The summed E-state index contributed by atoms with van der Waals surface area (Å²) in [5, 5.41) is 0. The van der Waals surface area contributed by atoms with E-state index in [9.17, 15) is 0 Å². The van der Waals surface area contributed by atoms with E-state index in [4.69, 9.17) is 163 Å². The minimum Gasteiger partial charge on any atom is -0.491 e. The second-order valence-electron chi connectivity index (χ2n) is 35.3. The van der Waals surface area contributed by atoms with E-state index < -0.39 is 83.2 Å². The summed E-state index contributed by atoms with van der Waals surface area (Å²) >= 11 is 0. The van der Waals surface area contributed by atoms with E-state index in [0.29, 0.717) is 158 Å². The second kappa shape index (κ2) is 49.0. The van der Waals surface area contributed by atoms with Gasteiger partial charge in [0.05, 0.1) is 181 Å². The average molecular weight is 2010 g/mol. The number of benzene rings is 7. The van der Waals surface area contributed by atoms with Crippen LogP contribution in [0.5, 0.6) is 105 Å². The summed E-state index contributed by atoms with van der Waals surface area (Å²) in [5.41, 5.74) is 4.93. The van der Waals surface area contributed by atoms with Crippen LogP contribution in [0.4, 0.5) is 0 Å². The molecule has 40 nitrogen and oxygen atoms in total. The zero-order valence-electron chi connectivity index (χ0n) is 82.3.